The molecule has 1 aliphatic carbocycles. The minimum Gasteiger partial charge on any atom is -0.462 e. The van der Waals surface area contributed by atoms with Crippen molar-refractivity contribution in [2.24, 2.45) is 11.8 Å². The number of Topliss-reactive ketones (excluding diaryl/α,β-unsaturated/α-hetero) is 1. The average Bonchev–Trinajstić information content (AvgIpc) is 2.45. The number of ether oxygens (including phenoxy) is 1. The summed E-state index contributed by atoms with van der Waals surface area (Å²) in [5.74, 6) is -1.16. The predicted octanol–water partition coefficient (Wildman–Crippen LogP) is 1.50. The molecule has 1 aromatic carbocycles. The maximum absolute atomic E-state index is 12.7. The molecule has 1 N–H and O–H groups in total. The number of benzene rings is 1. The van der Waals surface area contributed by atoms with Crippen LogP contribution in [0.15, 0.2) is 24.3 Å². The fourth-order valence-electron chi connectivity index (χ4n) is 3.57. The SMILES string of the molecule is CC(=O)O[C@H](C)[C@H]1C(=O)N[C@@H]1[C@H]1CCc2ccccc2C1=O. The summed E-state index contributed by atoms with van der Waals surface area (Å²) in [5.41, 5.74) is 1.82. The monoisotopic (exact) mass is 301 g/mol. The first kappa shape index (κ1) is 14.8. The number of hydrogen-bond donors (Lipinski definition) is 1. The quantitative estimate of drug-likeness (QED) is 0.678. The Balaban J connectivity index is 1.79. The lowest BCUT2D eigenvalue weighted by Gasteiger charge is -2.44. The molecule has 1 heterocycles. The number of carbonyl (C=O) groups is 3. The Kier molecular flexibility index (Phi) is 3.72. The highest BCUT2D eigenvalue weighted by Crippen LogP contribution is 2.35. The number of β-lactam (4-membered cyclic amide) rings is 1. The van der Waals surface area contributed by atoms with E-state index in [9.17, 15) is 14.4 Å². The first-order valence-electron chi connectivity index (χ1n) is 7.58. The summed E-state index contributed by atoms with van der Waals surface area (Å²) in [4.78, 5) is 35.6. The third kappa shape index (κ3) is 2.40. The Morgan fingerprint density at radius 3 is 2.73 bits per heavy atom. The number of nitrogens with one attached hydrogen (secondary N) is 1. The molecule has 4 atom stereocenters. The van der Waals surface area contributed by atoms with E-state index < -0.39 is 18.0 Å². The molecule has 0 radical (unpaired) electrons. The number of hydrogen-bond acceptors (Lipinski definition) is 4. The molecule has 5 nitrogen and oxygen atoms in total. The lowest BCUT2D eigenvalue weighted by molar-refractivity contribution is -0.157. The van der Waals surface area contributed by atoms with Crippen molar-refractivity contribution in [3.8, 4) is 0 Å². The van der Waals surface area contributed by atoms with Crippen LogP contribution in [0.25, 0.3) is 0 Å². The molecule has 1 saturated heterocycles. The first-order valence-corrected chi connectivity index (χ1v) is 7.58. The van der Waals surface area contributed by atoms with Crippen LogP contribution in [-0.2, 0) is 20.7 Å². The largest absolute Gasteiger partial charge is 0.462 e. The number of carbonyl (C=O) groups excluding carboxylic acids is 3. The standard InChI is InChI=1S/C17H19NO4/c1-9(22-10(2)19)14-15(18-17(14)21)13-8-7-11-5-3-4-6-12(11)16(13)20/h3-6,9,13-15H,7-8H2,1-2H3,(H,18,21)/t9-,13-,14-,15-/m1/s1. The van der Waals surface area contributed by atoms with Gasteiger partial charge in [0, 0.05) is 18.4 Å². The maximum Gasteiger partial charge on any atom is 0.302 e. The van der Waals surface area contributed by atoms with Gasteiger partial charge in [0.25, 0.3) is 0 Å². The number of fused-ring (bicyclic) bond motifs is 1. The van der Waals surface area contributed by atoms with Gasteiger partial charge in [-0.1, -0.05) is 24.3 Å². The zero-order chi connectivity index (χ0) is 15.9. The van der Waals surface area contributed by atoms with Gasteiger partial charge in [0.05, 0.1) is 12.0 Å². The van der Waals surface area contributed by atoms with E-state index in [1.54, 1.807) is 6.92 Å². The van der Waals surface area contributed by atoms with Crippen LogP contribution in [0.4, 0.5) is 0 Å². The zero-order valence-corrected chi connectivity index (χ0v) is 12.7. The molecule has 2 aliphatic rings. The first-order chi connectivity index (χ1) is 10.5. The maximum atomic E-state index is 12.7. The van der Waals surface area contributed by atoms with Crippen LogP contribution in [0.1, 0.15) is 36.2 Å². The number of rotatable bonds is 3. The minimum atomic E-state index is -0.513. The van der Waals surface area contributed by atoms with Crippen molar-refractivity contribution in [1.29, 1.82) is 0 Å². The lowest BCUT2D eigenvalue weighted by Crippen LogP contribution is -2.66. The summed E-state index contributed by atoms with van der Waals surface area (Å²) < 4.78 is 5.14. The summed E-state index contributed by atoms with van der Waals surface area (Å²) in [6.07, 6.45) is 1.03. The van der Waals surface area contributed by atoms with Gasteiger partial charge in [0.1, 0.15) is 6.10 Å². The fraction of sp³-hybridized carbons (Fsp3) is 0.471. The van der Waals surface area contributed by atoms with Crippen molar-refractivity contribution in [3.63, 3.8) is 0 Å². The van der Waals surface area contributed by atoms with E-state index in [1.165, 1.54) is 6.92 Å². The molecule has 1 fully saturated rings. The van der Waals surface area contributed by atoms with Crippen LogP contribution in [0.5, 0.6) is 0 Å². The van der Waals surface area contributed by atoms with Gasteiger partial charge in [-0.3, -0.25) is 14.4 Å². The van der Waals surface area contributed by atoms with Gasteiger partial charge in [-0.2, -0.15) is 0 Å². The van der Waals surface area contributed by atoms with Gasteiger partial charge < -0.3 is 10.1 Å². The molecular weight excluding hydrogens is 282 g/mol. The van der Waals surface area contributed by atoms with Gasteiger partial charge in [-0.15, -0.1) is 0 Å². The fourth-order valence-corrected chi connectivity index (χ4v) is 3.57. The van der Waals surface area contributed by atoms with Crippen LogP contribution < -0.4 is 5.32 Å². The summed E-state index contributed by atoms with van der Waals surface area (Å²) in [5, 5.41) is 2.83. The molecule has 116 valence electrons. The van der Waals surface area contributed by atoms with Crippen molar-refractivity contribution in [1.82, 2.24) is 5.32 Å². The molecule has 0 aromatic heterocycles. The lowest BCUT2D eigenvalue weighted by atomic mass is 9.70. The second kappa shape index (κ2) is 5.55. The molecule has 22 heavy (non-hydrogen) atoms. The van der Waals surface area contributed by atoms with E-state index >= 15 is 0 Å². The van der Waals surface area contributed by atoms with Crippen molar-refractivity contribution in [2.75, 3.05) is 0 Å². The summed E-state index contributed by atoms with van der Waals surface area (Å²) in [6.45, 7) is 3.03. The smallest absolute Gasteiger partial charge is 0.302 e. The van der Waals surface area contributed by atoms with E-state index in [2.05, 4.69) is 5.32 Å². The third-order valence-corrected chi connectivity index (χ3v) is 4.63. The number of aryl methyl sites for hydroxylation is 1. The van der Waals surface area contributed by atoms with Crippen molar-refractivity contribution in [3.05, 3.63) is 35.4 Å². The van der Waals surface area contributed by atoms with Crippen LogP contribution in [0.2, 0.25) is 0 Å². The number of esters is 1. The second-order valence-corrected chi connectivity index (χ2v) is 6.04. The molecule has 1 aromatic rings. The summed E-state index contributed by atoms with van der Waals surface area (Å²) in [7, 11) is 0. The summed E-state index contributed by atoms with van der Waals surface area (Å²) in [6, 6.07) is 7.36. The average molecular weight is 301 g/mol. The molecular formula is C17H19NO4. The predicted molar refractivity (Wildman–Crippen MR) is 79.2 cm³/mol. The van der Waals surface area contributed by atoms with Crippen LogP contribution >= 0.6 is 0 Å². The number of amides is 1. The van der Waals surface area contributed by atoms with E-state index in [1.807, 2.05) is 24.3 Å². The van der Waals surface area contributed by atoms with Gasteiger partial charge in [0.15, 0.2) is 5.78 Å². The molecule has 1 amide bonds. The van der Waals surface area contributed by atoms with Gasteiger partial charge in [0.2, 0.25) is 5.91 Å². The van der Waals surface area contributed by atoms with E-state index in [-0.39, 0.29) is 23.7 Å². The van der Waals surface area contributed by atoms with Crippen molar-refractivity contribution >= 4 is 17.7 Å². The Labute approximate surface area is 129 Å². The van der Waals surface area contributed by atoms with Gasteiger partial charge in [-0.05, 0) is 25.3 Å². The van der Waals surface area contributed by atoms with Crippen LogP contribution in [-0.4, -0.2) is 29.8 Å². The zero-order valence-electron chi connectivity index (χ0n) is 12.7. The van der Waals surface area contributed by atoms with Crippen molar-refractivity contribution in [2.45, 2.75) is 38.8 Å². The topological polar surface area (TPSA) is 72.5 Å². The highest BCUT2D eigenvalue weighted by Gasteiger charge is 2.50. The highest BCUT2D eigenvalue weighted by molar-refractivity contribution is 6.02. The Hall–Kier alpha value is -2.17. The van der Waals surface area contributed by atoms with E-state index in [0.29, 0.717) is 6.42 Å². The third-order valence-electron chi connectivity index (χ3n) is 4.63. The molecule has 0 unspecified atom stereocenters. The van der Waals surface area contributed by atoms with E-state index in [0.717, 1.165) is 17.5 Å². The van der Waals surface area contributed by atoms with Crippen LogP contribution in [0, 0.1) is 11.8 Å². The Morgan fingerprint density at radius 1 is 1.32 bits per heavy atom. The Bertz CT molecular complexity index is 639. The molecule has 0 spiro atoms. The van der Waals surface area contributed by atoms with Gasteiger partial charge in [-0.25, -0.2) is 0 Å². The molecule has 5 heteroatoms. The minimum absolute atomic E-state index is 0.0758. The van der Waals surface area contributed by atoms with E-state index in [4.69, 9.17) is 4.74 Å². The molecule has 0 saturated carbocycles. The Morgan fingerprint density at radius 2 is 2.05 bits per heavy atom. The van der Waals surface area contributed by atoms with Crippen molar-refractivity contribution < 1.29 is 19.1 Å². The van der Waals surface area contributed by atoms with Crippen LogP contribution in [0.3, 0.4) is 0 Å². The second-order valence-electron chi connectivity index (χ2n) is 6.04. The highest BCUT2D eigenvalue weighted by atomic mass is 16.5. The van der Waals surface area contributed by atoms with Gasteiger partial charge >= 0.3 is 5.97 Å². The number of ketones is 1. The molecule has 3 rings (SSSR count). The molecule has 1 aliphatic heterocycles. The summed E-state index contributed by atoms with van der Waals surface area (Å²) >= 11 is 0. The molecule has 0 bridgehead atoms. The normalized spacial score (nSPS) is 28.2.